The van der Waals surface area contributed by atoms with Gasteiger partial charge in [0.15, 0.2) is 5.54 Å². The first-order valence-electron chi connectivity index (χ1n) is 8.07. The second-order valence-electron chi connectivity index (χ2n) is 6.06. The summed E-state index contributed by atoms with van der Waals surface area (Å²) in [7, 11) is 0. The molecule has 3 aromatic carbocycles. The van der Waals surface area contributed by atoms with Gasteiger partial charge in [0.1, 0.15) is 6.61 Å². The van der Waals surface area contributed by atoms with Gasteiger partial charge in [0.2, 0.25) is 0 Å². The summed E-state index contributed by atoms with van der Waals surface area (Å²) in [4.78, 5) is 4.66. The number of benzene rings is 3. The van der Waals surface area contributed by atoms with Crippen LogP contribution >= 0.6 is 11.6 Å². The Labute approximate surface area is 151 Å². The monoisotopic (exact) mass is 348 g/mol. The van der Waals surface area contributed by atoms with Crippen LogP contribution in [-0.2, 0) is 10.3 Å². The first-order valence-corrected chi connectivity index (χ1v) is 8.45. The summed E-state index contributed by atoms with van der Waals surface area (Å²) < 4.78 is 5.55. The molecule has 1 heterocycles. The third kappa shape index (κ3) is 2.87. The highest BCUT2D eigenvalue weighted by atomic mass is 35.5. The fourth-order valence-corrected chi connectivity index (χ4v) is 3.42. The quantitative estimate of drug-likeness (QED) is 0.752. The predicted octanol–water partition coefficient (Wildman–Crippen LogP) is 4.60. The van der Waals surface area contributed by atoms with Crippen molar-refractivity contribution in [3.63, 3.8) is 0 Å². The Balaban J connectivity index is 1.86. The average molecular weight is 349 g/mol. The molecule has 0 unspecified atom stereocenters. The highest BCUT2D eigenvalue weighted by molar-refractivity contribution is 6.30. The standard InChI is InChI=1S/C21H17ClN2O/c22-19-11-5-7-16(13-19)15-6-4-10-18(12-15)21(14-25-20(23)24-21)17-8-2-1-3-9-17/h1-13H,14H2,(H2,23,24)/t21-/m0/s1. The number of aliphatic imine (C=N–C) groups is 1. The number of amidine groups is 1. The highest BCUT2D eigenvalue weighted by Gasteiger charge is 2.40. The molecule has 1 atom stereocenters. The van der Waals surface area contributed by atoms with Crippen molar-refractivity contribution < 1.29 is 4.74 Å². The van der Waals surface area contributed by atoms with Crippen molar-refractivity contribution in [2.45, 2.75) is 5.54 Å². The van der Waals surface area contributed by atoms with Crippen LogP contribution in [0.15, 0.2) is 83.9 Å². The maximum atomic E-state index is 6.15. The van der Waals surface area contributed by atoms with E-state index in [0.29, 0.717) is 11.6 Å². The first-order chi connectivity index (χ1) is 12.2. The van der Waals surface area contributed by atoms with E-state index < -0.39 is 5.54 Å². The Morgan fingerprint density at radius 1 is 0.840 bits per heavy atom. The average Bonchev–Trinajstić information content (AvgIpc) is 3.06. The normalized spacial score (nSPS) is 19.3. The molecule has 1 aliphatic heterocycles. The van der Waals surface area contributed by atoms with Crippen LogP contribution in [0.25, 0.3) is 11.1 Å². The zero-order valence-corrected chi connectivity index (χ0v) is 14.3. The van der Waals surface area contributed by atoms with Crippen LogP contribution in [0.3, 0.4) is 0 Å². The van der Waals surface area contributed by atoms with Crippen molar-refractivity contribution in [2.24, 2.45) is 10.7 Å². The lowest BCUT2D eigenvalue weighted by Crippen LogP contribution is -2.27. The summed E-state index contributed by atoms with van der Waals surface area (Å²) >= 11 is 6.15. The van der Waals surface area contributed by atoms with Gasteiger partial charge in [-0.1, -0.05) is 72.3 Å². The van der Waals surface area contributed by atoms with Crippen molar-refractivity contribution in [3.05, 3.63) is 95.0 Å². The van der Waals surface area contributed by atoms with Gasteiger partial charge in [-0.15, -0.1) is 0 Å². The molecule has 0 amide bonds. The number of nitrogens with two attached hydrogens (primary N) is 1. The summed E-state index contributed by atoms with van der Waals surface area (Å²) in [5.74, 6) is 0. The minimum atomic E-state index is -0.625. The molecule has 124 valence electrons. The van der Waals surface area contributed by atoms with E-state index in [2.05, 4.69) is 35.3 Å². The second kappa shape index (κ2) is 6.26. The number of nitrogens with zero attached hydrogens (tertiary/aromatic N) is 1. The molecule has 0 saturated carbocycles. The fraction of sp³-hybridized carbons (Fsp3) is 0.0952. The lowest BCUT2D eigenvalue weighted by atomic mass is 9.83. The fourth-order valence-electron chi connectivity index (χ4n) is 3.23. The van der Waals surface area contributed by atoms with Gasteiger partial charge in [-0.05, 0) is 40.5 Å². The molecule has 4 heteroatoms. The van der Waals surface area contributed by atoms with Crippen molar-refractivity contribution in [3.8, 4) is 11.1 Å². The van der Waals surface area contributed by atoms with Gasteiger partial charge in [0, 0.05) is 5.02 Å². The Kier molecular flexibility index (Phi) is 3.94. The second-order valence-corrected chi connectivity index (χ2v) is 6.49. The molecule has 4 rings (SSSR count). The molecule has 0 aromatic heterocycles. The molecular weight excluding hydrogens is 332 g/mol. The van der Waals surface area contributed by atoms with Crippen LogP contribution in [0.5, 0.6) is 0 Å². The maximum Gasteiger partial charge on any atom is 0.283 e. The molecule has 0 spiro atoms. The first kappa shape index (κ1) is 15.7. The van der Waals surface area contributed by atoms with Crippen LogP contribution in [0.4, 0.5) is 0 Å². The minimum absolute atomic E-state index is 0.219. The number of ether oxygens (including phenoxy) is 1. The molecule has 2 N–H and O–H groups in total. The lowest BCUT2D eigenvalue weighted by Gasteiger charge is -2.25. The zero-order chi connectivity index (χ0) is 17.3. The van der Waals surface area contributed by atoms with E-state index in [1.165, 1.54) is 0 Å². The van der Waals surface area contributed by atoms with Crippen LogP contribution < -0.4 is 5.73 Å². The van der Waals surface area contributed by atoms with Gasteiger partial charge in [0.25, 0.3) is 6.02 Å². The molecule has 3 nitrogen and oxygen atoms in total. The Morgan fingerprint density at radius 3 is 2.20 bits per heavy atom. The molecule has 0 bridgehead atoms. The van der Waals surface area contributed by atoms with Crippen molar-refractivity contribution in [2.75, 3.05) is 6.61 Å². The third-order valence-electron chi connectivity index (χ3n) is 4.48. The van der Waals surface area contributed by atoms with Crippen molar-refractivity contribution >= 4 is 17.6 Å². The van der Waals surface area contributed by atoms with Gasteiger partial charge in [-0.2, -0.15) is 0 Å². The Hall–Kier alpha value is -2.78. The molecule has 25 heavy (non-hydrogen) atoms. The van der Waals surface area contributed by atoms with Crippen LogP contribution in [-0.4, -0.2) is 12.6 Å². The number of rotatable bonds is 3. The SMILES string of the molecule is NC1=N[C@@](c2ccccc2)(c2cccc(-c3cccc(Cl)c3)c2)CO1. The van der Waals surface area contributed by atoms with E-state index in [1.54, 1.807) is 0 Å². The topological polar surface area (TPSA) is 47.6 Å². The molecular formula is C21H17ClN2O. The van der Waals surface area contributed by atoms with E-state index in [4.69, 9.17) is 22.1 Å². The predicted molar refractivity (Wildman–Crippen MR) is 102 cm³/mol. The van der Waals surface area contributed by atoms with Crippen LogP contribution in [0.1, 0.15) is 11.1 Å². The van der Waals surface area contributed by atoms with E-state index in [9.17, 15) is 0 Å². The van der Waals surface area contributed by atoms with Gasteiger partial charge >= 0.3 is 0 Å². The highest BCUT2D eigenvalue weighted by Crippen LogP contribution is 2.38. The zero-order valence-electron chi connectivity index (χ0n) is 13.5. The van der Waals surface area contributed by atoms with Crippen molar-refractivity contribution in [1.29, 1.82) is 0 Å². The Bertz CT molecular complexity index is 939. The van der Waals surface area contributed by atoms with Gasteiger partial charge < -0.3 is 10.5 Å². The van der Waals surface area contributed by atoms with Gasteiger partial charge in [0.05, 0.1) is 0 Å². The summed E-state index contributed by atoms with van der Waals surface area (Å²) in [5, 5.41) is 0.715. The summed E-state index contributed by atoms with van der Waals surface area (Å²) in [6, 6.07) is 26.4. The molecule has 1 aliphatic rings. The van der Waals surface area contributed by atoms with Gasteiger partial charge in [-0.3, -0.25) is 0 Å². The number of halogens is 1. The number of hydrogen-bond acceptors (Lipinski definition) is 3. The molecule has 0 fully saturated rings. The summed E-state index contributed by atoms with van der Waals surface area (Å²) in [5.41, 5.74) is 9.48. The van der Waals surface area contributed by atoms with Gasteiger partial charge in [-0.25, -0.2) is 4.99 Å². The third-order valence-corrected chi connectivity index (χ3v) is 4.71. The largest absolute Gasteiger partial charge is 0.462 e. The lowest BCUT2D eigenvalue weighted by molar-refractivity contribution is 0.278. The van der Waals surface area contributed by atoms with E-state index in [-0.39, 0.29) is 6.02 Å². The number of hydrogen-bond donors (Lipinski definition) is 1. The summed E-state index contributed by atoms with van der Waals surface area (Å²) in [6.45, 7) is 0.391. The minimum Gasteiger partial charge on any atom is -0.462 e. The van der Waals surface area contributed by atoms with E-state index in [1.807, 2.05) is 48.5 Å². The maximum absolute atomic E-state index is 6.15. The Morgan fingerprint density at radius 2 is 1.52 bits per heavy atom. The molecule has 0 radical (unpaired) electrons. The van der Waals surface area contributed by atoms with Crippen LogP contribution in [0.2, 0.25) is 5.02 Å². The summed E-state index contributed by atoms with van der Waals surface area (Å²) in [6.07, 6.45) is 0. The molecule has 0 saturated heterocycles. The molecule has 0 aliphatic carbocycles. The van der Waals surface area contributed by atoms with Crippen molar-refractivity contribution in [1.82, 2.24) is 0 Å². The smallest absolute Gasteiger partial charge is 0.283 e. The van der Waals surface area contributed by atoms with E-state index in [0.717, 1.165) is 22.3 Å². The molecule has 3 aromatic rings. The van der Waals surface area contributed by atoms with E-state index >= 15 is 0 Å². The van der Waals surface area contributed by atoms with Crippen LogP contribution in [0, 0.1) is 0 Å².